The molecule has 2 heterocycles. The van der Waals surface area contributed by atoms with Crippen molar-refractivity contribution in [2.24, 2.45) is 0 Å². The monoisotopic (exact) mass is 319 g/mol. The molecule has 1 saturated heterocycles. The van der Waals surface area contributed by atoms with Gasteiger partial charge in [0.25, 0.3) is 0 Å². The fourth-order valence-electron chi connectivity index (χ4n) is 3.44. The van der Waals surface area contributed by atoms with Gasteiger partial charge < -0.3 is 10.3 Å². The van der Waals surface area contributed by atoms with Crippen molar-refractivity contribution in [2.45, 2.75) is 12.6 Å². The second-order valence-electron chi connectivity index (χ2n) is 6.36. The first-order valence-corrected chi connectivity index (χ1v) is 8.41. The van der Waals surface area contributed by atoms with Crippen LogP contribution in [0.5, 0.6) is 0 Å². The molecule has 0 aliphatic carbocycles. The van der Waals surface area contributed by atoms with E-state index in [1.54, 1.807) is 6.07 Å². The lowest BCUT2D eigenvalue weighted by Crippen LogP contribution is -2.45. The van der Waals surface area contributed by atoms with Crippen molar-refractivity contribution in [3.8, 4) is 0 Å². The lowest BCUT2D eigenvalue weighted by atomic mass is 10.0. The number of pyridine rings is 1. The molecule has 1 aliphatic rings. The maximum atomic E-state index is 12.3. The summed E-state index contributed by atoms with van der Waals surface area (Å²) in [5.74, 6) is 0. The minimum absolute atomic E-state index is 0.0918. The van der Waals surface area contributed by atoms with Crippen LogP contribution in [0.4, 0.5) is 0 Å². The summed E-state index contributed by atoms with van der Waals surface area (Å²) in [6.45, 7) is 3.65. The normalized spacial score (nSPS) is 18.8. The number of fused-ring (bicyclic) bond motifs is 1. The second kappa shape index (κ2) is 6.59. The molecule has 122 valence electrons. The van der Waals surface area contributed by atoms with Gasteiger partial charge in [0.2, 0.25) is 0 Å². The van der Waals surface area contributed by atoms with Crippen LogP contribution in [0.15, 0.2) is 65.5 Å². The predicted octanol–water partition coefficient (Wildman–Crippen LogP) is 2.67. The molecule has 0 spiro atoms. The Kier molecular flexibility index (Phi) is 4.15. The molecule has 4 heteroatoms. The number of aromatic amines is 1. The highest BCUT2D eigenvalue weighted by atomic mass is 16.1. The van der Waals surface area contributed by atoms with E-state index in [9.17, 15) is 4.79 Å². The molecule has 2 N–H and O–H groups in total. The first-order chi connectivity index (χ1) is 11.8. The Morgan fingerprint density at radius 2 is 1.83 bits per heavy atom. The summed E-state index contributed by atoms with van der Waals surface area (Å²) in [5, 5.41) is 4.33. The molecule has 0 bridgehead atoms. The first-order valence-electron chi connectivity index (χ1n) is 8.41. The third kappa shape index (κ3) is 3.11. The van der Waals surface area contributed by atoms with Crippen molar-refractivity contribution in [2.75, 3.05) is 19.6 Å². The Labute approximate surface area is 141 Å². The van der Waals surface area contributed by atoms with Crippen LogP contribution in [0.3, 0.4) is 0 Å². The van der Waals surface area contributed by atoms with E-state index in [4.69, 9.17) is 0 Å². The smallest absolute Gasteiger partial charge is 0.189 e. The van der Waals surface area contributed by atoms with Crippen LogP contribution in [0.2, 0.25) is 0 Å². The van der Waals surface area contributed by atoms with Gasteiger partial charge in [0, 0.05) is 54.9 Å². The van der Waals surface area contributed by atoms with E-state index in [-0.39, 0.29) is 5.43 Å². The highest BCUT2D eigenvalue weighted by molar-refractivity contribution is 5.78. The Morgan fingerprint density at radius 3 is 2.71 bits per heavy atom. The van der Waals surface area contributed by atoms with E-state index in [1.807, 2.05) is 30.3 Å². The van der Waals surface area contributed by atoms with Crippen molar-refractivity contribution in [3.63, 3.8) is 0 Å². The van der Waals surface area contributed by atoms with Gasteiger partial charge in [0.15, 0.2) is 5.43 Å². The van der Waals surface area contributed by atoms with Crippen LogP contribution >= 0.6 is 0 Å². The number of nitrogens with zero attached hydrogens (tertiary/aromatic N) is 1. The van der Waals surface area contributed by atoms with Gasteiger partial charge in [-0.25, -0.2) is 0 Å². The fourth-order valence-corrected chi connectivity index (χ4v) is 3.44. The van der Waals surface area contributed by atoms with E-state index >= 15 is 0 Å². The summed E-state index contributed by atoms with van der Waals surface area (Å²) in [6, 6.07) is 20.3. The molecule has 2 aromatic carbocycles. The number of H-pyrrole nitrogens is 1. The summed E-state index contributed by atoms with van der Waals surface area (Å²) in [7, 11) is 0. The van der Waals surface area contributed by atoms with Gasteiger partial charge in [0.05, 0.1) is 0 Å². The molecule has 3 aromatic rings. The standard InChI is InChI=1S/C20H21N3O/c24-20-12-16(22-18-9-5-4-8-17(18)20)13-23-11-10-21-19(14-23)15-6-2-1-3-7-15/h1-9,12,19,21H,10-11,13-14H2,(H,22,24)/t19-/m0/s1. The summed E-state index contributed by atoms with van der Waals surface area (Å²) in [5.41, 5.74) is 3.30. The van der Waals surface area contributed by atoms with Crippen molar-refractivity contribution in [1.29, 1.82) is 0 Å². The average molecular weight is 319 g/mol. The van der Waals surface area contributed by atoms with Gasteiger partial charge in [-0.3, -0.25) is 9.69 Å². The van der Waals surface area contributed by atoms with Crippen molar-refractivity contribution >= 4 is 10.9 Å². The maximum absolute atomic E-state index is 12.3. The molecular formula is C20H21N3O. The zero-order chi connectivity index (χ0) is 16.4. The molecule has 0 amide bonds. The number of aromatic nitrogens is 1. The van der Waals surface area contributed by atoms with Gasteiger partial charge in [-0.1, -0.05) is 42.5 Å². The zero-order valence-electron chi connectivity index (χ0n) is 13.5. The van der Waals surface area contributed by atoms with Gasteiger partial charge in [0.1, 0.15) is 0 Å². The third-order valence-corrected chi connectivity index (χ3v) is 4.65. The van der Waals surface area contributed by atoms with Crippen LogP contribution in [0, 0.1) is 0 Å². The Morgan fingerprint density at radius 1 is 1.04 bits per heavy atom. The molecule has 4 rings (SSSR count). The Bertz CT molecular complexity index is 888. The lowest BCUT2D eigenvalue weighted by molar-refractivity contribution is 0.191. The van der Waals surface area contributed by atoms with E-state index in [0.717, 1.165) is 42.8 Å². The van der Waals surface area contributed by atoms with Gasteiger partial charge in [-0.15, -0.1) is 0 Å². The summed E-state index contributed by atoms with van der Waals surface area (Å²) in [4.78, 5) is 18.1. The molecule has 24 heavy (non-hydrogen) atoms. The van der Waals surface area contributed by atoms with Crippen molar-refractivity contribution < 1.29 is 0 Å². The van der Waals surface area contributed by atoms with E-state index in [2.05, 4.69) is 39.5 Å². The minimum Gasteiger partial charge on any atom is -0.357 e. The third-order valence-electron chi connectivity index (χ3n) is 4.65. The molecule has 1 fully saturated rings. The first kappa shape index (κ1) is 15.1. The quantitative estimate of drug-likeness (QED) is 0.780. The van der Waals surface area contributed by atoms with Crippen LogP contribution in [-0.2, 0) is 6.54 Å². The number of benzene rings is 2. The zero-order valence-corrected chi connectivity index (χ0v) is 13.5. The highest BCUT2D eigenvalue weighted by Gasteiger charge is 2.20. The maximum Gasteiger partial charge on any atom is 0.189 e. The van der Waals surface area contributed by atoms with Crippen molar-refractivity contribution in [1.82, 2.24) is 15.2 Å². The van der Waals surface area contributed by atoms with Crippen molar-refractivity contribution in [3.05, 3.63) is 82.1 Å². The summed E-state index contributed by atoms with van der Waals surface area (Å²) >= 11 is 0. The largest absolute Gasteiger partial charge is 0.357 e. The number of hydrogen-bond donors (Lipinski definition) is 2. The average Bonchev–Trinajstić information content (AvgIpc) is 2.63. The SMILES string of the molecule is O=c1cc(CN2CCN[C@H](c3ccccc3)C2)[nH]c2ccccc12. The summed E-state index contributed by atoms with van der Waals surface area (Å²) < 4.78 is 0. The molecule has 0 unspecified atom stereocenters. The molecule has 0 saturated carbocycles. The number of rotatable bonds is 3. The second-order valence-corrected chi connectivity index (χ2v) is 6.36. The van der Waals surface area contributed by atoms with Crippen LogP contribution in [-0.4, -0.2) is 29.5 Å². The molecule has 4 nitrogen and oxygen atoms in total. The lowest BCUT2D eigenvalue weighted by Gasteiger charge is -2.33. The molecule has 1 aromatic heterocycles. The Hall–Kier alpha value is -2.43. The van der Waals surface area contributed by atoms with Gasteiger partial charge in [-0.05, 0) is 17.7 Å². The van der Waals surface area contributed by atoms with E-state index in [1.165, 1.54) is 5.56 Å². The van der Waals surface area contributed by atoms with E-state index in [0.29, 0.717) is 6.04 Å². The molecule has 0 radical (unpaired) electrons. The van der Waals surface area contributed by atoms with Gasteiger partial charge >= 0.3 is 0 Å². The molecular weight excluding hydrogens is 298 g/mol. The van der Waals surface area contributed by atoms with Crippen LogP contribution in [0.25, 0.3) is 10.9 Å². The predicted molar refractivity (Wildman–Crippen MR) is 97.0 cm³/mol. The fraction of sp³-hybridized carbons (Fsp3) is 0.250. The van der Waals surface area contributed by atoms with Gasteiger partial charge in [-0.2, -0.15) is 0 Å². The number of para-hydroxylation sites is 1. The Balaban J connectivity index is 1.54. The number of hydrogen-bond acceptors (Lipinski definition) is 3. The topological polar surface area (TPSA) is 48.1 Å². The molecule has 1 aliphatic heterocycles. The van der Waals surface area contributed by atoms with E-state index < -0.39 is 0 Å². The number of piperazine rings is 1. The minimum atomic E-state index is 0.0918. The van der Waals surface area contributed by atoms with Crippen LogP contribution in [0.1, 0.15) is 17.3 Å². The molecule has 1 atom stereocenters. The number of nitrogens with one attached hydrogen (secondary N) is 2. The van der Waals surface area contributed by atoms with Crippen LogP contribution < -0.4 is 10.7 Å². The highest BCUT2D eigenvalue weighted by Crippen LogP contribution is 2.18. The summed E-state index contributed by atoms with van der Waals surface area (Å²) in [6.07, 6.45) is 0.